The molecule has 0 spiro atoms. The van der Waals surface area contributed by atoms with Crippen molar-refractivity contribution in [3.05, 3.63) is 46.4 Å². The van der Waals surface area contributed by atoms with Gasteiger partial charge in [-0.05, 0) is 30.0 Å². The van der Waals surface area contributed by atoms with E-state index in [1.807, 2.05) is 17.5 Å². The Kier molecular flexibility index (Phi) is 4.52. The van der Waals surface area contributed by atoms with E-state index in [4.69, 9.17) is 0 Å². The molecule has 0 aliphatic carbocycles. The molecule has 0 aliphatic heterocycles. The standard InChI is InChI=1S/C14H16N2O2S/c1-2-5-10(12-7-4-9-19-12)16-14(18)13-11(17)6-3-8-15-13/h3-4,6-10,17H,2,5H2,1H3,(H,16,18). The molecule has 0 aliphatic rings. The molecule has 1 unspecified atom stereocenters. The van der Waals surface area contributed by atoms with Crippen molar-refractivity contribution in [2.24, 2.45) is 0 Å². The maximum Gasteiger partial charge on any atom is 0.274 e. The Balaban J connectivity index is 2.14. The summed E-state index contributed by atoms with van der Waals surface area (Å²) < 4.78 is 0. The predicted molar refractivity (Wildman–Crippen MR) is 75.3 cm³/mol. The summed E-state index contributed by atoms with van der Waals surface area (Å²) in [6.07, 6.45) is 3.32. The van der Waals surface area contributed by atoms with Gasteiger partial charge in [0.15, 0.2) is 5.69 Å². The van der Waals surface area contributed by atoms with Gasteiger partial charge in [-0.15, -0.1) is 11.3 Å². The van der Waals surface area contributed by atoms with Gasteiger partial charge < -0.3 is 10.4 Å². The van der Waals surface area contributed by atoms with Crippen LogP contribution in [0.4, 0.5) is 0 Å². The molecule has 0 saturated heterocycles. The second-order valence-corrected chi connectivity index (χ2v) is 5.18. The first-order valence-corrected chi connectivity index (χ1v) is 7.08. The van der Waals surface area contributed by atoms with Crippen molar-refractivity contribution in [2.45, 2.75) is 25.8 Å². The minimum absolute atomic E-state index is 0.0288. The van der Waals surface area contributed by atoms with Crippen LogP contribution in [0.5, 0.6) is 5.75 Å². The quantitative estimate of drug-likeness (QED) is 0.882. The highest BCUT2D eigenvalue weighted by molar-refractivity contribution is 7.10. The van der Waals surface area contributed by atoms with Crippen molar-refractivity contribution in [1.29, 1.82) is 0 Å². The molecule has 0 bridgehead atoms. The number of nitrogens with zero attached hydrogens (tertiary/aromatic N) is 1. The van der Waals surface area contributed by atoms with E-state index in [9.17, 15) is 9.90 Å². The first-order valence-electron chi connectivity index (χ1n) is 6.20. The summed E-state index contributed by atoms with van der Waals surface area (Å²) in [5.74, 6) is -0.439. The largest absolute Gasteiger partial charge is 0.505 e. The Hall–Kier alpha value is -1.88. The fraction of sp³-hybridized carbons (Fsp3) is 0.286. The molecule has 2 aromatic rings. The van der Waals surface area contributed by atoms with E-state index < -0.39 is 0 Å². The zero-order valence-corrected chi connectivity index (χ0v) is 11.5. The van der Waals surface area contributed by atoms with Crippen molar-refractivity contribution in [1.82, 2.24) is 10.3 Å². The average molecular weight is 276 g/mol. The van der Waals surface area contributed by atoms with Gasteiger partial charge in [0.05, 0.1) is 6.04 Å². The molecule has 2 heterocycles. The van der Waals surface area contributed by atoms with Gasteiger partial charge in [-0.1, -0.05) is 19.4 Å². The van der Waals surface area contributed by atoms with Crippen LogP contribution in [0.1, 0.15) is 41.2 Å². The Morgan fingerprint density at radius 2 is 2.32 bits per heavy atom. The molecule has 0 aromatic carbocycles. The molecule has 2 N–H and O–H groups in total. The molecule has 100 valence electrons. The number of nitrogens with one attached hydrogen (secondary N) is 1. The number of amides is 1. The minimum atomic E-state index is -0.343. The van der Waals surface area contributed by atoms with Crippen molar-refractivity contribution in [3.8, 4) is 5.75 Å². The van der Waals surface area contributed by atoms with Crippen LogP contribution in [0.2, 0.25) is 0 Å². The third kappa shape index (κ3) is 3.32. The van der Waals surface area contributed by atoms with Gasteiger partial charge >= 0.3 is 0 Å². The number of aromatic nitrogens is 1. The van der Waals surface area contributed by atoms with Gasteiger partial charge in [0, 0.05) is 11.1 Å². The molecule has 0 saturated carbocycles. The monoisotopic (exact) mass is 276 g/mol. The van der Waals surface area contributed by atoms with Crippen LogP contribution < -0.4 is 5.32 Å². The number of pyridine rings is 1. The second-order valence-electron chi connectivity index (χ2n) is 4.20. The van der Waals surface area contributed by atoms with Gasteiger partial charge in [0.2, 0.25) is 0 Å². The molecular weight excluding hydrogens is 260 g/mol. The SMILES string of the molecule is CCCC(NC(=O)c1ncccc1O)c1cccs1. The lowest BCUT2D eigenvalue weighted by molar-refractivity contribution is 0.0927. The zero-order chi connectivity index (χ0) is 13.7. The lowest BCUT2D eigenvalue weighted by Gasteiger charge is -2.16. The highest BCUT2D eigenvalue weighted by atomic mass is 32.1. The molecule has 4 nitrogen and oxygen atoms in total. The van der Waals surface area contributed by atoms with Crippen LogP contribution in [0.3, 0.4) is 0 Å². The number of aromatic hydroxyl groups is 1. The molecule has 5 heteroatoms. The van der Waals surface area contributed by atoms with Crippen LogP contribution in [0.25, 0.3) is 0 Å². The Labute approximate surface area is 116 Å². The van der Waals surface area contributed by atoms with Crippen molar-refractivity contribution in [3.63, 3.8) is 0 Å². The number of hydrogen-bond donors (Lipinski definition) is 2. The summed E-state index contributed by atoms with van der Waals surface area (Å²) in [5.41, 5.74) is 0.0696. The minimum Gasteiger partial charge on any atom is -0.505 e. The third-order valence-corrected chi connectivity index (χ3v) is 3.76. The molecule has 0 fully saturated rings. The van der Waals surface area contributed by atoms with E-state index in [0.717, 1.165) is 17.7 Å². The molecule has 2 aromatic heterocycles. The van der Waals surface area contributed by atoms with Gasteiger partial charge in [0.25, 0.3) is 5.91 Å². The summed E-state index contributed by atoms with van der Waals surface area (Å²) in [7, 11) is 0. The van der Waals surface area contributed by atoms with Crippen molar-refractivity contribution < 1.29 is 9.90 Å². The maximum absolute atomic E-state index is 12.1. The molecular formula is C14H16N2O2S. The van der Waals surface area contributed by atoms with E-state index in [2.05, 4.69) is 17.2 Å². The lowest BCUT2D eigenvalue weighted by Crippen LogP contribution is -2.28. The second kappa shape index (κ2) is 6.33. The normalized spacial score (nSPS) is 12.1. The number of carbonyl (C=O) groups excluding carboxylic acids is 1. The van der Waals surface area contributed by atoms with E-state index >= 15 is 0 Å². The molecule has 2 rings (SSSR count). The van der Waals surface area contributed by atoms with Crippen LogP contribution in [0.15, 0.2) is 35.8 Å². The van der Waals surface area contributed by atoms with Crippen molar-refractivity contribution >= 4 is 17.2 Å². The van der Waals surface area contributed by atoms with Gasteiger partial charge in [-0.25, -0.2) is 4.98 Å². The fourth-order valence-electron chi connectivity index (χ4n) is 1.86. The number of hydrogen-bond acceptors (Lipinski definition) is 4. The summed E-state index contributed by atoms with van der Waals surface area (Å²) in [4.78, 5) is 17.1. The van der Waals surface area contributed by atoms with Crippen LogP contribution in [0, 0.1) is 0 Å². The Morgan fingerprint density at radius 3 is 2.95 bits per heavy atom. The fourth-order valence-corrected chi connectivity index (χ4v) is 2.67. The summed E-state index contributed by atoms with van der Waals surface area (Å²) in [5, 5.41) is 14.5. The van der Waals surface area contributed by atoms with E-state index in [-0.39, 0.29) is 23.4 Å². The van der Waals surface area contributed by atoms with Gasteiger partial charge in [0.1, 0.15) is 5.75 Å². The van der Waals surface area contributed by atoms with E-state index in [0.29, 0.717) is 0 Å². The Morgan fingerprint density at radius 1 is 1.47 bits per heavy atom. The van der Waals surface area contributed by atoms with Crippen LogP contribution in [-0.2, 0) is 0 Å². The van der Waals surface area contributed by atoms with Crippen LogP contribution in [-0.4, -0.2) is 16.0 Å². The smallest absolute Gasteiger partial charge is 0.274 e. The number of carbonyl (C=O) groups is 1. The van der Waals surface area contributed by atoms with Gasteiger partial charge in [-0.2, -0.15) is 0 Å². The highest BCUT2D eigenvalue weighted by Crippen LogP contribution is 2.24. The summed E-state index contributed by atoms with van der Waals surface area (Å²) in [6, 6.07) is 6.99. The lowest BCUT2D eigenvalue weighted by atomic mass is 10.1. The molecule has 19 heavy (non-hydrogen) atoms. The summed E-state index contributed by atoms with van der Waals surface area (Å²) in [6.45, 7) is 2.07. The third-order valence-electron chi connectivity index (χ3n) is 2.77. The van der Waals surface area contributed by atoms with E-state index in [1.54, 1.807) is 17.4 Å². The van der Waals surface area contributed by atoms with Gasteiger partial charge in [-0.3, -0.25) is 4.79 Å². The van der Waals surface area contributed by atoms with Crippen LogP contribution >= 0.6 is 11.3 Å². The highest BCUT2D eigenvalue weighted by Gasteiger charge is 2.18. The molecule has 1 amide bonds. The molecule has 0 radical (unpaired) electrons. The average Bonchev–Trinajstić information content (AvgIpc) is 2.92. The molecule has 1 atom stereocenters. The predicted octanol–water partition coefficient (Wildman–Crippen LogP) is 3.12. The summed E-state index contributed by atoms with van der Waals surface area (Å²) >= 11 is 1.61. The van der Waals surface area contributed by atoms with E-state index in [1.165, 1.54) is 12.3 Å². The topological polar surface area (TPSA) is 62.2 Å². The number of rotatable bonds is 5. The number of thiophene rings is 1. The zero-order valence-electron chi connectivity index (χ0n) is 10.7. The first kappa shape index (κ1) is 13.5. The first-order chi connectivity index (χ1) is 9.22. The van der Waals surface area contributed by atoms with Crippen molar-refractivity contribution in [2.75, 3.05) is 0 Å². The maximum atomic E-state index is 12.1. The Bertz CT molecular complexity index is 540.